The summed E-state index contributed by atoms with van der Waals surface area (Å²) in [6.07, 6.45) is 0.821. The van der Waals surface area contributed by atoms with E-state index in [4.69, 9.17) is 14.2 Å². The second-order valence-electron chi connectivity index (χ2n) is 4.61. The minimum Gasteiger partial charge on any atom is -0.371 e. The number of hydrogen-bond acceptors (Lipinski definition) is 5. The molecule has 0 aliphatic rings. The molecule has 0 saturated heterocycles. The minimum absolute atomic E-state index is 0.0301. The Kier molecular flexibility index (Phi) is 8.71. The third kappa shape index (κ3) is 9.78. The van der Waals surface area contributed by atoms with Gasteiger partial charge in [-0.15, -0.1) is 0 Å². The summed E-state index contributed by atoms with van der Waals surface area (Å²) in [5, 5.41) is 0. The number of sulfonamides is 1. The van der Waals surface area contributed by atoms with E-state index in [0.717, 1.165) is 6.26 Å². The molecule has 0 unspecified atom stereocenters. The van der Waals surface area contributed by atoms with Gasteiger partial charge in [0.05, 0.1) is 25.1 Å². The Morgan fingerprint density at radius 1 is 1.22 bits per heavy atom. The van der Waals surface area contributed by atoms with Crippen LogP contribution in [0.15, 0.2) is 0 Å². The van der Waals surface area contributed by atoms with Crippen LogP contribution in [0.1, 0.15) is 20.8 Å². The highest BCUT2D eigenvalue weighted by molar-refractivity contribution is 7.88. The van der Waals surface area contributed by atoms with Gasteiger partial charge in [-0.2, -0.15) is 0 Å². The van der Waals surface area contributed by atoms with E-state index in [-0.39, 0.29) is 32.2 Å². The third-order valence-corrected chi connectivity index (χ3v) is 3.12. The van der Waals surface area contributed by atoms with Gasteiger partial charge in [0.2, 0.25) is 10.0 Å². The Labute approximate surface area is 110 Å². The molecule has 0 saturated carbocycles. The van der Waals surface area contributed by atoms with E-state index in [9.17, 15) is 8.42 Å². The first-order chi connectivity index (χ1) is 8.26. The number of hydrogen-bond donors (Lipinski definition) is 1. The fraction of sp³-hybridized carbons (Fsp3) is 1.00. The van der Waals surface area contributed by atoms with E-state index in [1.54, 1.807) is 0 Å². The first-order valence-corrected chi connectivity index (χ1v) is 7.82. The average Bonchev–Trinajstić information content (AvgIpc) is 2.24. The van der Waals surface area contributed by atoms with Gasteiger partial charge in [-0.3, -0.25) is 0 Å². The van der Waals surface area contributed by atoms with Gasteiger partial charge < -0.3 is 14.2 Å². The molecule has 110 valence electrons. The largest absolute Gasteiger partial charge is 0.371 e. The van der Waals surface area contributed by atoms with Gasteiger partial charge in [-0.25, -0.2) is 13.1 Å². The zero-order valence-electron chi connectivity index (χ0n) is 11.8. The number of nitrogens with one attached hydrogen (secondary N) is 1. The lowest BCUT2D eigenvalue weighted by atomic mass is 10.1. The van der Waals surface area contributed by atoms with Gasteiger partial charge in [-0.05, 0) is 12.8 Å². The second kappa shape index (κ2) is 8.82. The van der Waals surface area contributed by atoms with Crippen LogP contribution in [-0.4, -0.2) is 53.9 Å². The predicted molar refractivity (Wildman–Crippen MR) is 69.8 cm³/mol. The van der Waals surface area contributed by atoms with Crippen molar-refractivity contribution in [2.24, 2.45) is 5.92 Å². The maximum Gasteiger partial charge on any atom is 0.208 e. The average molecular weight is 283 g/mol. The molecule has 0 spiro atoms. The van der Waals surface area contributed by atoms with Crippen molar-refractivity contribution in [3.8, 4) is 0 Å². The molecule has 0 bridgehead atoms. The van der Waals surface area contributed by atoms with Crippen molar-refractivity contribution in [1.82, 2.24) is 4.72 Å². The minimum atomic E-state index is -3.22. The molecule has 6 nitrogen and oxygen atoms in total. The lowest BCUT2D eigenvalue weighted by molar-refractivity contribution is -0.0997. The molecule has 7 heteroatoms. The van der Waals surface area contributed by atoms with Crippen molar-refractivity contribution >= 4 is 10.0 Å². The molecule has 18 heavy (non-hydrogen) atoms. The van der Waals surface area contributed by atoms with Crippen LogP contribution in [0.4, 0.5) is 0 Å². The van der Waals surface area contributed by atoms with Crippen LogP contribution in [0.25, 0.3) is 0 Å². The van der Waals surface area contributed by atoms with Crippen molar-refractivity contribution < 1.29 is 22.6 Å². The second-order valence-corrected chi connectivity index (χ2v) is 6.44. The van der Waals surface area contributed by atoms with Gasteiger partial charge in [0.1, 0.15) is 6.79 Å². The van der Waals surface area contributed by atoms with E-state index in [0.29, 0.717) is 5.92 Å². The summed E-state index contributed by atoms with van der Waals surface area (Å²) in [6.45, 7) is 6.68. The monoisotopic (exact) mass is 283 g/mol. The maximum atomic E-state index is 11.1. The van der Waals surface area contributed by atoms with Crippen LogP contribution in [0.3, 0.4) is 0 Å². The van der Waals surface area contributed by atoms with Crippen LogP contribution >= 0.6 is 0 Å². The fourth-order valence-electron chi connectivity index (χ4n) is 1.11. The first-order valence-electron chi connectivity index (χ1n) is 5.93. The molecule has 0 amide bonds. The summed E-state index contributed by atoms with van der Waals surface area (Å²) in [4.78, 5) is 0. The standard InChI is InChI=1S/C11H25NO5S/c1-9(2)10(3)17-11(7-16-8-15-4)6-12-18(5,13)14/h9-12H,6-8H2,1-5H3/t10-,11-/m0/s1. The van der Waals surface area contributed by atoms with Crippen molar-refractivity contribution in [3.05, 3.63) is 0 Å². The Hall–Kier alpha value is -0.210. The van der Waals surface area contributed by atoms with Gasteiger partial charge in [-0.1, -0.05) is 13.8 Å². The molecule has 0 heterocycles. The molecule has 0 aromatic carbocycles. The molecule has 0 rings (SSSR count). The molecular weight excluding hydrogens is 258 g/mol. The van der Waals surface area contributed by atoms with Gasteiger partial charge in [0.15, 0.2) is 0 Å². The summed E-state index contributed by atoms with van der Waals surface area (Å²) >= 11 is 0. The summed E-state index contributed by atoms with van der Waals surface area (Å²) in [5.74, 6) is 0.355. The third-order valence-electron chi connectivity index (χ3n) is 2.42. The van der Waals surface area contributed by atoms with Crippen LogP contribution in [0, 0.1) is 5.92 Å². The molecule has 0 aromatic rings. The van der Waals surface area contributed by atoms with E-state index >= 15 is 0 Å². The van der Waals surface area contributed by atoms with Crippen molar-refractivity contribution in [3.63, 3.8) is 0 Å². The molecule has 1 N–H and O–H groups in total. The highest BCUT2D eigenvalue weighted by Gasteiger charge is 2.17. The molecule has 0 radical (unpaired) electrons. The molecule has 0 aliphatic carbocycles. The Balaban J connectivity index is 4.23. The lowest BCUT2D eigenvalue weighted by Gasteiger charge is -2.24. The Bertz CT molecular complexity index is 305. The topological polar surface area (TPSA) is 73.9 Å². The van der Waals surface area contributed by atoms with Crippen LogP contribution in [0.2, 0.25) is 0 Å². The van der Waals surface area contributed by atoms with Gasteiger partial charge >= 0.3 is 0 Å². The van der Waals surface area contributed by atoms with Crippen LogP contribution < -0.4 is 4.72 Å². The van der Waals surface area contributed by atoms with E-state index in [2.05, 4.69) is 4.72 Å². The van der Waals surface area contributed by atoms with Crippen LogP contribution in [-0.2, 0) is 24.2 Å². The predicted octanol–water partition coefficient (Wildman–Crippen LogP) is 0.586. The van der Waals surface area contributed by atoms with Crippen molar-refractivity contribution in [2.45, 2.75) is 33.0 Å². The Morgan fingerprint density at radius 3 is 2.28 bits per heavy atom. The highest BCUT2D eigenvalue weighted by atomic mass is 32.2. The van der Waals surface area contributed by atoms with E-state index in [1.165, 1.54) is 7.11 Å². The first kappa shape index (κ1) is 17.8. The molecule has 0 aliphatic heterocycles. The zero-order valence-corrected chi connectivity index (χ0v) is 12.6. The van der Waals surface area contributed by atoms with Crippen LogP contribution in [0.5, 0.6) is 0 Å². The SMILES string of the molecule is COCOC[C@H](CNS(C)(=O)=O)O[C@@H](C)C(C)C. The molecule has 0 aromatic heterocycles. The quantitative estimate of drug-likeness (QED) is 0.469. The smallest absolute Gasteiger partial charge is 0.208 e. The summed E-state index contributed by atoms with van der Waals surface area (Å²) < 4.78 is 40.3. The molecular formula is C11H25NO5S. The lowest BCUT2D eigenvalue weighted by Crippen LogP contribution is -2.38. The number of ether oxygens (including phenoxy) is 3. The summed E-state index contributed by atoms with van der Waals surface area (Å²) in [5.41, 5.74) is 0. The zero-order chi connectivity index (χ0) is 14.2. The Morgan fingerprint density at radius 2 is 1.83 bits per heavy atom. The fourth-order valence-corrected chi connectivity index (χ4v) is 1.60. The number of methoxy groups -OCH3 is 1. The van der Waals surface area contributed by atoms with E-state index in [1.807, 2.05) is 20.8 Å². The summed E-state index contributed by atoms with van der Waals surface area (Å²) in [6, 6.07) is 0. The number of rotatable bonds is 10. The maximum absolute atomic E-state index is 11.1. The van der Waals surface area contributed by atoms with Gasteiger partial charge in [0.25, 0.3) is 0 Å². The van der Waals surface area contributed by atoms with Crippen molar-refractivity contribution in [2.75, 3.05) is 33.3 Å². The summed E-state index contributed by atoms with van der Waals surface area (Å²) in [7, 11) is -1.69. The van der Waals surface area contributed by atoms with Gasteiger partial charge in [0, 0.05) is 13.7 Å². The molecule has 2 atom stereocenters. The normalized spacial score (nSPS) is 15.9. The molecule has 0 fully saturated rings. The highest BCUT2D eigenvalue weighted by Crippen LogP contribution is 2.08. The van der Waals surface area contributed by atoms with E-state index < -0.39 is 10.0 Å². The van der Waals surface area contributed by atoms with Crippen molar-refractivity contribution in [1.29, 1.82) is 0 Å².